The fraction of sp³-hybridized carbons (Fsp3) is 0.222. The van der Waals surface area contributed by atoms with E-state index in [-0.39, 0.29) is 0 Å². The minimum Gasteiger partial charge on any atom is -0.496 e. The molecule has 0 radical (unpaired) electrons. The molecule has 0 amide bonds. The maximum atomic E-state index is 5.48. The largest absolute Gasteiger partial charge is 0.496 e. The van der Waals surface area contributed by atoms with Crippen LogP contribution in [0.2, 0.25) is 0 Å². The van der Waals surface area contributed by atoms with E-state index in [1.54, 1.807) is 7.11 Å². The highest BCUT2D eigenvalue weighted by Gasteiger charge is 2.08. The van der Waals surface area contributed by atoms with E-state index in [9.17, 15) is 0 Å². The number of benzene rings is 2. The smallest absolute Gasteiger partial charge is 0.126 e. The van der Waals surface area contributed by atoms with Crippen LogP contribution in [-0.2, 0) is 0 Å². The third-order valence-electron chi connectivity index (χ3n) is 3.23. The Morgan fingerprint density at radius 2 is 1.89 bits per heavy atom. The van der Waals surface area contributed by atoms with Crippen LogP contribution in [-0.4, -0.2) is 7.11 Å². The van der Waals surface area contributed by atoms with Crippen molar-refractivity contribution in [2.45, 2.75) is 19.8 Å². The van der Waals surface area contributed by atoms with Gasteiger partial charge in [0.05, 0.1) is 7.11 Å². The monoisotopic (exact) mass is 250 g/mol. The lowest BCUT2D eigenvalue weighted by Gasteiger charge is -2.12. The second-order valence-electron chi connectivity index (χ2n) is 4.84. The maximum Gasteiger partial charge on any atom is 0.126 e. The minimum atomic E-state index is 0.502. The molecule has 0 aromatic heterocycles. The van der Waals surface area contributed by atoms with Gasteiger partial charge in [-0.2, -0.15) is 0 Å². The van der Waals surface area contributed by atoms with Gasteiger partial charge in [-0.3, -0.25) is 0 Å². The summed E-state index contributed by atoms with van der Waals surface area (Å²) in [7, 11) is 1.68. The van der Waals surface area contributed by atoms with Crippen molar-refractivity contribution in [2.75, 3.05) is 7.11 Å². The quantitative estimate of drug-likeness (QED) is 0.730. The molecule has 1 heteroatoms. The Morgan fingerprint density at radius 1 is 1.11 bits per heavy atom. The lowest BCUT2D eigenvalue weighted by molar-refractivity contribution is 0.416. The first-order chi connectivity index (χ1) is 9.15. The van der Waals surface area contributed by atoms with Crippen LogP contribution in [0.3, 0.4) is 0 Å². The molecule has 2 aromatic rings. The van der Waals surface area contributed by atoms with Crippen LogP contribution in [0.1, 0.15) is 30.9 Å². The predicted octanol–water partition coefficient (Wildman–Crippen LogP) is 4.47. The van der Waals surface area contributed by atoms with Gasteiger partial charge in [-0.1, -0.05) is 44.0 Å². The Labute approximate surface area is 115 Å². The van der Waals surface area contributed by atoms with Crippen molar-refractivity contribution in [3.8, 4) is 29.2 Å². The van der Waals surface area contributed by atoms with E-state index in [0.29, 0.717) is 5.92 Å². The normalized spacial score (nSPS) is 10.3. The second kappa shape index (κ2) is 5.63. The predicted molar refractivity (Wildman–Crippen MR) is 80.5 cm³/mol. The number of rotatable bonds is 3. The molecule has 2 aromatic carbocycles. The lowest BCUT2D eigenvalue weighted by atomic mass is 9.96. The molecular formula is C18H18O. The molecule has 0 bridgehead atoms. The molecule has 0 aliphatic rings. The van der Waals surface area contributed by atoms with E-state index >= 15 is 0 Å². The van der Waals surface area contributed by atoms with Crippen molar-refractivity contribution in [2.24, 2.45) is 0 Å². The van der Waals surface area contributed by atoms with Crippen LogP contribution in [0.15, 0.2) is 42.5 Å². The maximum absolute atomic E-state index is 5.48. The molecule has 0 aliphatic heterocycles. The lowest BCUT2D eigenvalue weighted by Crippen LogP contribution is -1.91. The third kappa shape index (κ3) is 2.80. The summed E-state index contributed by atoms with van der Waals surface area (Å²) in [5.41, 5.74) is 4.36. The Bertz CT molecular complexity index is 618. The molecule has 0 fully saturated rings. The molecule has 0 atom stereocenters. The topological polar surface area (TPSA) is 9.23 Å². The van der Waals surface area contributed by atoms with Gasteiger partial charge in [0.15, 0.2) is 0 Å². The second-order valence-corrected chi connectivity index (χ2v) is 4.84. The van der Waals surface area contributed by atoms with Gasteiger partial charge in [-0.25, -0.2) is 0 Å². The number of methoxy groups -OCH3 is 1. The Kier molecular flexibility index (Phi) is 3.92. The van der Waals surface area contributed by atoms with Gasteiger partial charge in [0, 0.05) is 11.1 Å². The van der Waals surface area contributed by atoms with Gasteiger partial charge in [0.1, 0.15) is 5.75 Å². The van der Waals surface area contributed by atoms with Crippen LogP contribution >= 0.6 is 0 Å². The fourth-order valence-corrected chi connectivity index (χ4v) is 2.09. The first-order valence-electron chi connectivity index (χ1n) is 6.40. The van der Waals surface area contributed by atoms with Gasteiger partial charge in [0.2, 0.25) is 0 Å². The minimum absolute atomic E-state index is 0.502. The average Bonchev–Trinajstić information content (AvgIpc) is 2.46. The van der Waals surface area contributed by atoms with E-state index < -0.39 is 0 Å². The Hall–Kier alpha value is -2.20. The molecule has 19 heavy (non-hydrogen) atoms. The summed E-state index contributed by atoms with van der Waals surface area (Å²) in [6.07, 6.45) is 5.48. The Balaban J connectivity index is 2.57. The molecule has 2 rings (SSSR count). The molecule has 0 saturated heterocycles. The van der Waals surface area contributed by atoms with Gasteiger partial charge >= 0.3 is 0 Å². The highest BCUT2D eigenvalue weighted by atomic mass is 16.5. The van der Waals surface area contributed by atoms with E-state index in [4.69, 9.17) is 11.2 Å². The molecule has 0 spiro atoms. The molecule has 0 unspecified atom stereocenters. The molecular weight excluding hydrogens is 232 g/mol. The average molecular weight is 250 g/mol. The van der Waals surface area contributed by atoms with Crippen molar-refractivity contribution < 1.29 is 4.74 Å². The summed E-state index contributed by atoms with van der Waals surface area (Å²) >= 11 is 0. The van der Waals surface area contributed by atoms with E-state index in [2.05, 4.69) is 44.0 Å². The van der Waals surface area contributed by atoms with Gasteiger partial charge in [-0.15, -0.1) is 6.42 Å². The van der Waals surface area contributed by atoms with Gasteiger partial charge < -0.3 is 4.74 Å². The number of terminal acetylenes is 1. The van der Waals surface area contributed by atoms with Crippen molar-refractivity contribution >= 4 is 0 Å². The Morgan fingerprint density at radius 3 is 2.53 bits per heavy atom. The van der Waals surface area contributed by atoms with E-state index in [0.717, 1.165) is 22.4 Å². The number of ether oxygens (including phenoxy) is 1. The van der Waals surface area contributed by atoms with E-state index in [1.807, 2.05) is 18.2 Å². The zero-order chi connectivity index (χ0) is 13.8. The molecule has 0 heterocycles. The number of hydrogen-bond acceptors (Lipinski definition) is 1. The fourth-order valence-electron chi connectivity index (χ4n) is 2.09. The zero-order valence-electron chi connectivity index (χ0n) is 11.6. The van der Waals surface area contributed by atoms with Crippen LogP contribution in [0.4, 0.5) is 0 Å². The SMILES string of the molecule is C#Cc1ccc(OC)c(-c2cccc(C(C)C)c2)c1. The summed E-state index contributed by atoms with van der Waals surface area (Å²) in [5, 5.41) is 0. The standard InChI is InChI=1S/C18H18O/c1-5-14-9-10-18(19-4)17(11-14)16-8-6-7-15(12-16)13(2)3/h1,6-13H,2-4H3. The summed E-state index contributed by atoms with van der Waals surface area (Å²) in [5.74, 6) is 4.02. The molecule has 1 nitrogen and oxygen atoms in total. The van der Waals surface area contributed by atoms with Crippen molar-refractivity contribution in [1.82, 2.24) is 0 Å². The van der Waals surface area contributed by atoms with Crippen LogP contribution in [0, 0.1) is 12.3 Å². The summed E-state index contributed by atoms with van der Waals surface area (Å²) in [4.78, 5) is 0. The van der Waals surface area contributed by atoms with Gasteiger partial charge in [0.25, 0.3) is 0 Å². The molecule has 0 saturated carbocycles. The highest BCUT2D eigenvalue weighted by molar-refractivity contribution is 5.72. The summed E-state index contributed by atoms with van der Waals surface area (Å²) in [6.45, 7) is 4.38. The van der Waals surface area contributed by atoms with E-state index in [1.165, 1.54) is 5.56 Å². The first-order valence-corrected chi connectivity index (χ1v) is 6.40. The first kappa shape index (κ1) is 13.2. The molecule has 96 valence electrons. The molecule has 0 aliphatic carbocycles. The number of hydrogen-bond donors (Lipinski definition) is 0. The van der Waals surface area contributed by atoms with Crippen LogP contribution in [0.5, 0.6) is 5.75 Å². The van der Waals surface area contributed by atoms with Gasteiger partial charge in [-0.05, 0) is 35.2 Å². The summed E-state index contributed by atoms with van der Waals surface area (Å²) in [6, 6.07) is 14.3. The summed E-state index contributed by atoms with van der Waals surface area (Å²) < 4.78 is 5.43. The molecule has 0 N–H and O–H groups in total. The van der Waals surface area contributed by atoms with Crippen molar-refractivity contribution in [1.29, 1.82) is 0 Å². The zero-order valence-corrected chi connectivity index (χ0v) is 11.6. The van der Waals surface area contributed by atoms with Crippen molar-refractivity contribution in [3.63, 3.8) is 0 Å². The van der Waals surface area contributed by atoms with Crippen LogP contribution in [0.25, 0.3) is 11.1 Å². The highest BCUT2D eigenvalue weighted by Crippen LogP contribution is 2.32. The third-order valence-corrected chi connectivity index (χ3v) is 3.23. The van der Waals surface area contributed by atoms with Crippen LogP contribution < -0.4 is 4.74 Å². The van der Waals surface area contributed by atoms with Crippen molar-refractivity contribution in [3.05, 3.63) is 53.6 Å².